The predicted octanol–water partition coefficient (Wildman–Crippen LogP) is 5.40. The van der Waals surface area contributed by atoms with E-state index < -0.39 is 5.82 Å². The second kappa shape index (κ2) is 10.7. The first-order valence-corrected chi connectivity index (χ1v) is 14.3. The second-order valence-electron chi connectivity index (χ2n) is 11.2. The van der Waals surface area contributed by atoms with Crippen LogP contribution in [0.25, 0.3) is 10.9 Å². The van der Waals surface area contributed by atoms with Crippen molar-refractivity contribution in [1.82, 2.24) is 9.88 Å². The van der Waals surface area contributed by atoms with Crippen molar-refractivity contribution in [2.45, 2.75) is 51.3 Å². The summed E-state index contributed by atoms with van der Waals surface area (Å²) in [6.45, 7) is 2.14. The summed E-state index contributed by atoms with van der Waals surface area (Å²) in [5, 5.41) is 11.2. The zero-order valence-corrected chi connectivity index (χ0v) is 22.8. The number of aliphatic hydroxyl groups is 1. The van der Waals surface area contributed by atoms with Gasteiger partial charge in [-0.15, -0.1) is 0 Å². The van der Waals surface area contributed by atoms with E-state index in [1.165, 1.54) is 23.3 Å². The molecule has 3 aromatic carbocycles. The molecule has 210 valence electrons. The zero-order chi connectivity index (χ0) is 27.9. The maximum atomic E-state index is 14.2. The van der Waals surface area contributed by atoms with Crippen LogP contribution in [0.15, 0.2) is 60.7 Å². The molecule has 3 aliphatic rings. The van der Waals surface area contributed by atoms with Crippen LogP contribution in [0.3, 0.4) is 0 Å². The minimum Gasteiger partial charge on any atom is -0.454 e. The number of pyridine rings is 1. The average molecular weight is 554 g/mol. The van der Waals surface area contributed by atoms with Gasteiger partial charge in [-0.2, -0.15) is 0 Å². The van der Waals surface area contributed by atoms with Crippen LogP contribution in [0, 0.1) is 5.82 Å². The van der Waals surface area contributed by atoms with E-state index in [4.69, 9.17) is 14.5 Å². The number of rotatable bonds is 6. The van der Waals surface area contributed by atoms with Gasteiger partial charge in [0, 0.05) is 42.7 Å². The van der Waals surface area contributed by atoms with Crippen LogP contribution >= 0.6 is 0 Å². The molecule has 3 heterocycles. The summed E-state index contributed by atoms with van der Waals surface area (Å²) in [4.78, 5) is 23.1. The number of benzene rings is 3. The highest BCUT2D eigenvalue weighted by Gasteiger charge is 2.26. The summed E-state index contributed by atoms with van der Waals surface area (Å²) in [6, 6.07) is 18.1. The Morgan fingerprint density at radius 3 is 2.61 bits per heavy atom. The standard InChI is InChI=1S/C33H32FN3O4/c34-27-6-2-5-24(16-27)33(39)37(18-21-7-8-30-31(13-21)41-20-40-30)19-26-15-25-14-22-3-1-4-23(22)17-29(25)35-32(26)36-11-9-28(38)10-12-36/h2,5-8,13-17,28,38H,1,3-4,9-12,18-20H2. The van der Waals surface area contributed by atoms with Crippen LogP contribution < -0.4 is 14.4 Å². The highest BCUT2D eigenvalue weighted by atomic mass is 19.1. The fraction of sp³-hybridized carbons (Fsp3) is 0.333. The van der Waals surface area contributed by atoms with Crippen LogP contribution in [0.2, 0.25) is 0 Å². The van der Waals surface area contributed by atoms with Crippen LogP contribution in [-0.4, -0.2) is 46.9 Å². The molecule has 0 radical (unpaired) electrons. The van der Waals surface area contributed by atoms with Gasteiger partial charge in [0.25, 0.3) is 5.91 Å². The zero-order valence-electron chi connectivity index (χ0n) is 22.8. The fourth-order valence-corrected chi connectivity index (χ4v) is 6.22. The molecule has 1 saturated heterocycles. The third kappa shape index (κ3) is 5.20. The summed E-state index contributed by atoms with van der Waals surface area (Å²) in [6.07, 6.45) is 4.33. The molecular weight excluding hydrogens is 521 g/mol. The van der Waals surface area contributed by atoms with Crippen molar-refractivity contribution in [3.05, 3.63) is 94.3 Å². The number of aromatic nitrogens is 1. The van der Waals surface area contributed by atoms with Gasteiger partial charge in [0.2, 0.25) is 6.79 Å². The van der Waals surface area contributed by atoms with E-state index in [1.54, 1.807) is 17.0 Å². The van der Waals surface area contributed by atoms with Gasteiger partial charge in [0.1, 0.15) is 11.6 Å². The fourth-order valence-electron chi connectivity index (χ4n) is 6.22. The Bertz CT molecular complexity index is 1630. The monoisotopic (exact) mass is 553 g/mol. The molecule has 2 aliphatic heterocycles. The van der Waals surface area contributed by atoms with Crippen molar-refractivity contribution in [3.63, 3.8) is 0 Å². The minimum atomic E-state index is -0.451. The molecule has 0 unspecified atom stereocenters. The number of hydrogen-bond acceptors (Lipinski definition) is 6. The van der Waals surface area contributed by atoms with Gasteiger partial charge in [-0.05, 0) is 97.3 Å². The number of halogens is 1. The lowest BCUT2D eigenvalue weighted by molar-refractivity contribution is 0.0729. The number of amides is 1. The molecular formula is C33H32FN3O4. The van der Waals surface area contributed by atoms with Crippen LogP contribution in [-0.2, 0) is 25.9 Å². The average Bonchev–Trinajstić information content (AvgIpc) is 3.64. The molecule has 0 atom stereocenters. The Hall–Kier alpha value is -4.17. The number of aryl methyl sites for hydroxylation is 2. The first-order valence-electron chi connectivity index (χ1n) is 14.3. The Labute approximate surface area is 238 Å². The molecule has 8 heteroatoms. The lowest BCUT2D eigenvalue weighted by Gasteiger charge is -2.33. The van der Waals surface area contributed by atoms with Crippen molar-refractivity contribution in [1.29, 1.82) is 0 Å². The minimum absolute atomic E-state index is 0.172. The SMILES string of the molecule is O=C(c1cccc(F)c1)N(Cc1ccc2c(c1)OCO2)Cc1cc2cc3c(cc2nc1N1CCC(O)CC1)CCC3. The molecule has 41 heavy (non-hydrogen) atoms. The largest absolute Gasteiger partial charge is 0.454 e. The molecule has 1 fully saturated rings. The first-order chi connectivity index (χ1) is 20.0. The number of ether oxygens (including phenoxy) is 2. The van der Waals surface area contributed by atoms with E-state index >= 15 is 0 Å². The third-order valence-corrected chi connectivity index (χ3v) is 8.38. The van der Waals surface area contributed by atoms with Crippen molar-refractivity contribution in [2.75, 3.05) is 24.8 Å². The van der Waals surface area contributed by atoms with Crippen molar-refractivity contribution in [2.24, 2.45) is 0 Å². The van der Waals surface area contributed by atoms with Gasteiger partial charge >= 0.3 is 0 Å². The summed E-state index contributed by atoms with van der Waals surface area (Å²) in [5.74, 6) is 1.45. The number of nitrogens with zero attached hydrogens (tertiary/aromatic N) is 3. The molecule has 0 bridgehead atoms. The van der Waals surface area contributed by atoms with E-state index in [-0.39, 0.29) is 25.3 Å². The summed E-state index contributed by atoms with van der Waals surface area (Å²) in [7, 11) is 0. The quantitative estimate of drug-likeness (QED) is 0.345. The Kier molecular flexibility index (Phi) is 6.71. The normalized spacial score (nSPS) is 16.3. The number of fused-ring (bicyclic) bond motifs is 3. The highest BCUT2D eigenvalue weighted by Crippen LogP contribution is 2.35. The molecule has 1 aromatic heterocycles. The maximum absolute atomic E-state index is 14.2. The van der Waals surface area contributed by atoms with Crippen molar-refractivity contribution in [3.8, 4) is 11.5 Å². The molecule has 1 amide bonds. The number of piperidine rings is 1. The van der Waals surface area contributed by atoms with E-state index in [0.29, 0.717) is 49.5 Å². The molecule has 0 spiro atoms. The van der Waals surface area contributed by atoms with Crippen LogP contribution in [0.4, 0.5) is 10.2 Å². The van der Waals surface area contributed by atoms with Gasteiger partial charge in [-0.3, -0.25) is 4.79 Å². The predicted molar refractivity (Wildman–Crippen MR) is 154 cm³/mol. The van der Waals surface area contributed by atoms with Crippen molar-refractivity contribution < 1.29 is 23.8 Å². The Morgan fingerprint density at radius 1 is 0.976 bits per heavy atom. The molecule has 1 N–H and O–H groups in total. The molecule has 4 aromatic rings. The van der Waals surface area contributed by atoms with E-state index in [1.807, 2.05) is 18.2 Å². The van der Waals surface area contributed by atoms with Gasteiger partial charge < -0.3 is 24.4 Å². The lowest BCUT2D eigenvalue weighted by atomic mass is 10.0. The van der Waals surface area contributed by atoms with E-state index in [9.17, 15) is 14.3 Å². The first kappa shape index (κ1) is 25.8. The smallest absolute Gasteiger partial charge is 0.254 e. The van der Waals surface area contributed by atoms with Gasteiger partial charge in [-0.1, -0.05) is 12.1 Å². The number of aliphatic hydroxyl groups excluding tert-OH is 1. The molecule has 7 nitrogen and oxygen atoms in total. The third-order valence-electron chi connectivity index (χ3n) is 8.38. The second-order valence-corrected chi connectivity index (χ2v) is 11.2. The number of carbonyl (C=O) groups excluding carboxylic acids is 1. The Balaban J connectivity index is 1.29. The van der Waals surface area contributed by atoms with Gasteiger partial charge in [0.15, 0.2) is 11.5 Å². The number of anilines is 1. The lowest BCUT2D eigenvalue weighted by Crippen LogP contribution is -2.38. The number of hydrogen-bond donors (Lipinski definition) is 1. The van der Waals surface area contributed by atoms with Gasteiger partial charge in [-0.25, -0.2) is 9.37 Å². The van der Waals surface area contributed by atoms with Gasteiger partial charge in [0.05, 0.1) is 11.6 Å². The topological polar surface area (TPSA) is 75.1 Å². The van der Waals surface area contributed by atoms with E-state index in [0.717, 1.165) is 47.1 Å². The van der Waals surface area contributed by atoms with Crippen LogP contribution in [0.5, 0.6) is 11.5 Å². The molecule has 1 aliphatic carbocycles. The molecule has 7 rings (SSSR count). The van der Waals surface area contributed by atoms with E-state index in [2.05, 4.69) is 23.1 Å². The summed E-state index contributed by atoms with van der Waals surface area (Å²) < 4.78 is 25.2. The maximum Gasteiger partial charge on any atom is 0.254 e. The highest BCUT2D eigenvalue weighted by molar-refractivity contribution is 5.94. The summed E-state index contributed by atoms with van der Waals surface area (Å²) in [5.41, 5.74) is 5.79. The number of carbonyl (C=O) groups is 1. The van der Waals surface area contributed by atoms with Crippen LogP contribution in [0.1, 0.15) is 51.9 Å². The Morgan fingerprint density at radius 2 is 1.78 bits per heavy atom. The van der Waals surface area contributed by atoms with Crippen molar-refractivity contribution >= 4 is 22.6 Å². The summed E-state index contributed by atoms with van der Waals surface area (Å²) >= 11 is 0. The molecule has 0 saturated carbocycles.